The van der Waals surface area contributed by atoms with Gasteiger partial charge in [-0.2, -0.15) is 0 Å². The molecule has 0 saturated carbocycles. The monoisotopic (exact) mass is 338 g/mol. The number of nitrogens with zero attached hydrogens (tertiary/aromatic N) is 1. The molecular weight excluding hydrogens is 316 g/mol. The van der Waals surface area contributed by atoms with Gasteiger partial charge in [-0.25, -0.2) is 0 Å². The molecule has 20 heavy (non-hydrogen) atoms. The topological polar surface area (TPSA) is 28.3 Å². The van der Waals surface area contributed by atoms with E-state index in [9.17, 15) is 0 Å². The lowest BCUT2D eigenvalue weighted by Gasteiger charge is -2.24. The molecule has 4 heteroatoms. The molecule has 1 heterocycles. The van der Waals surface area contributed by atoms with Crippen molar-refractivity contribution < 1.29 is 4.74 Å². The lowest BCUT2D eigenvalue weighted by Crippen LogP contribution is -2.32. The minimum absolute atomic E-state index is 0.582. The number of hydrogen-bond donors (Lipinski definition) is 1. The Kier molecular flexibility index (Phi) is 5.11. The summed E-state index contributed by atoms with van der Waals surface area (Å²) in [5.41, 5.74) is 2.43. The third-order valence-corrected chi connectivity index (χ3v) is 4.51. The molecule has 0 fully saturated rings. The van der Waals surface area contributed by atoms with E-state index in [4.69, 9.17) is 4.74 Å². The number of H-pyrrole nitrogens is 1. The first-order chi connectivity index (χ1) is 9.58. The SMILES string of the molecule is CCN(CCc1c[nH]c2c(Br)ccc(OC)c12)C(C)C. The van der Waals surface area contributed by atoms with Crippen LogP contribution in [0.2, 0.25) is 0 Å². The van der Waals surface area contributed by atoms with E-state index in [-0.39, 0.29) is 0 Å². The van der Waals surface area contributed by atoms with E-state index in [0.717, 1.165) is 35.2 Å². The lowest BCUT2D eigenvalue weighted by atomic mass is 10.1. The summed E-state index contributed by atoms with van der Waals surface area (Å²) < 4.78 is 6.59. The maximum Gasteiger partial charge on any atom is 0.128 e. The number of ether oxygens (including phenoxy) is 1. The summed E-state index contributed by atoms with van der Waals surface area (Å²) in [7, 11) is 1.73. The van der Waals surface area contributed by atoms with Crippen LogP contribution in [0.1, 0.15) is 26.3 Å². The summed E-state index contributed by atoms with van der Waals surface area (Å²) in [6.45, 7) is 8.86. The molecule has 0 amide bonds. The normalized spacial score (nSPS) is 11.8. The molecule has 2 aromatic rings. The van der Waals surface area contributed by atoms with Gasteiger partial charge in [-0.05, 0) is 60.4 Å². The van der Waals surface area contributed by atoms with Crippen LogP contribution in [0.4, 0.5) is 0 Å². The van der Waals surface area contributed by atoms with Gasteiger partial charge in [-0.15, -0.1) is 0 Å². The van der Waals surface area contributed by atoms with Gasteiger partial charge in [0.15, 0.2) is 0 Å². The molecule has 0 unspecified atom stereocenters. The Balaban J connectivity index is 2.29. The summed E-state index contributed by atoms with van der Waals surface area (Å²) in [4.78, 5) is 5.83. The van der Waals surface area contributed by atoms with Crippen LogP contribution in [0.3, 0.4) is 0 Å². The summed E-state index contributed by atoms with van der Waals surface area (Å²) in [6, 6.07) is 4.62. The van der Waals surface area contributed by atoms with Crippen LogP contribution in [0, 0.1) is 0 Å². The molecule has 1 aromatic carbocycles. The Bertz CT molecular complexity index is 577. The zero-order valence-corrected chi connectivity index (χ0v) is 14.3. The first-order valence-corrected chi connectivity index (χ1v) is 7.94. The van der Waals surface area contributed by atoms with Crippen LogP contribution >= 0.6 is 15.9 Å². The van der Waals surface area contributed by atoms with Crippen molar-refractivity contribution in [2.24, 2.45) is 0 Å². The van der Waals surface area contributed by atoms with Gasteiger partial charge in [0.2, 0.25) is 0 Å². The first kappa shape index (κ1) is 15.4. The quantitative estimate of drug-likeness (QED) is 0.854. The molecule has 0 aliphatic heterocycles. The van der Waals surface area contributed by atoms with E-state index >= 15 is 0 Å². The Morgan fingerprint density at radius 2 is 2.10 bits per heavy atom. The van der Waals surface area contributed by atoms with Crippen LogP contribution in [0.5, 0.6) is 5.75 Å². The lowest BCUT2D eigenvalue weighted by molar-refractivity contribution is 0.237. The van der Waals surface area contributed by atoms with E-state index < -0.39 is 0 Å². The van der Waals surface area contributed by atoms with Crippen LogP contribution < -0.4 is 4.74 Å². The molecule has 0 atom stereocenters. The second kappa shape index (κ2) is 6.64. The first-order valence-electron chi connectivity index (χ1n) is 7.15. The molecule has 3 nitrogen and oxygen atoms in total. The fourth-order valence-electron chi connectivity index (χ4n) is 2.66. The molecule has 0 spiro atoms. The predicted molar refractivity (Wildman–Crippen MR) is 88.6 cm³/mol. The number of rotatable bonds is 6. The van der Waals surface area contributed by atoms with Crippen LogP contribution in [0.15, 0.2) is 22.8 Å². The summed E-state index contributed by atoms with van der Waals surface area (Å²) in [6.07, 6.45) is 3.13. The van der Waals surface area contributed by atoms with E-state index in [2.05, 4.69) is 52.8 Å². The molecule has 1 aromatic heterocycles. The van der Waals surface area contributed by atoms with E-state index in [1.54, 1.807) is 7.11 Å². The third-order valence-electron chi connectivity index (χ3n) is 3.85. The number of methoxy groups -OCH3 is 1. The highest BCUT2D eigenvalue weighted by Gasteiger charge is 2.13. The van der Waals surface area contributed by atoms with Crippen molar-refractivity contribution in [1.82, 2.24) is 9.88 Å². The van der Waals surface area contributed by atoms with E-state index in [1.807, 2.05) is 12.1 Å². The largest absolute Gasteiger partial charge is 0.496 e. The second-order valence-corrected chi connectivity index (χ2v) is 6.14. The summed E-state index contributed by atoms with van der Waals surface area (Å²) in [5.74, 6) is 0.937. The van der Waals surface area contributed by atoms with Gasteiger partial charge in [-0.1, -0.05) is 6.92 Å². The zero-order chi connectivity index (χ0) is 14.7. The van der Waals surface area contributed by atoms with Gasteiger partial charge < -0.3 is 14.6 Å². The van der Waals surface area contributed by atoms with Crippen LogP contribution in [-0.2, 0) is 6.42 Å². The third kappa shape index (κ3) is 3.01. The van der Waals surface area contributed by atoms with Crippen molar-refractivity contribution in [2.45, 2.75) is 33.2 Å². The minimum Gasteiger partial charge on any atom is -0.496 e. The smallest absolute Gasteiger partial charge is 0.128 e. The van der Waals surface area contributed by atoms with Gasteiger partial charge in [0.05, 0.1) is 12.6 Å². The number of hydrogen-bond acceptors (Lipinski definition) is 2. The molecule has 0 radical (unpaired) electrons. The minimum atomic E-state index is 0.582. The van der Waals surface area contributed by atoms with Gasteiger partial charge in [0.1, 0.15) is 5.75 Å². The van der Waals surface area contributed by atoms with Crippen LogP contribution in [-0.4, -0.2) is 36.1 Å². The number of nitrogens with one attached hydrogen (secondary N) is 1. The maximum absolute atomic E-state index is 5.51. The number of likely N-dealkylation sites (N-methyl/N-ethyl adjacent to an activating group) is 1. The molecule has 1 N–H and O–H groups in total. The zero-order valence-electron chi connectivity index (χ0n) is 12.7. The molecule has 0 bridgehead atoms. The molecule has 2 rings (SSSR count). The number of fused-ring (bicyclic) bond motifs is 1. The molecule has 0 aliphatic carbocycles. The summed E-state index contributed by atoms with van der Waals surface area (Å²) in [5, 5.41) is 1.20. The van der Waals surface area contributed by atoms with E-state index in [0.29, 0.717) is 6.04 Å². The molecule has 110 valence electrons. The van der Waals surface area contributed by atoms with Crippen molar-refractivity contribution in [3.63, 3.8) is 0 Å². The van der Waals surface area contributed by atoms with Gasteiger partial charge >= 0.3 is 0 Å². The molecule has 0 aliphatic rings. The Hall–Kier alpha value is -1.00. The van der Waals surface area contributed by atoms with Crippen LogP contribution in [0.25, 0.3) is 10.9 Å². The van der Waals surface area contributed by atoms with Crippen molar-refractivity contribution >= 4 is 26.8 Å². The fourth-order valence-corrected chi connectivity index (χ4v) is 3.11. The second-order valence-electron chi connectivity index (χ2n) is 5.29. The standard InChI is InChI=1S/C16H23BrN2O/c1-5-19(11(2)3)9-8-12-10-18-16-13(17)6-7-14(20-4)15(12)16/h6-7,10-11,18H,5,8-9H2,1-4H3. The highest BCUT2D eigenvalue weighted by Crippen LogP contribution is 2.34. The highest BCUT2D eigenvalue weighted by molar-refractivity contribution is 9.10. The average molecular weight is 339 g/mol. The Labute approximate surface area is 129 Å². The average Bonchev–Trinajstić information content (AvgIpc) is 2.85. The van der Waals surface area contributed by atoms with Crippen molar-refractivity contribution in [2.75, 3.05) is 20.2 Å². The van der Waals surface area contributed by atoms with Crippen molar-refractivity contribution in [1.29, 1.82) is 0 Å². The van der Waals surface area contributed by atoms with Crippen molar-refractivity contribution in [3.8, 4) is 5.75 Å². The predicted octanol–water partition coefficient (Wildman–Crippen LogP) is 4.21. The Morgan fingerprint density at radius 3 is 2.70 bits per heavy atom. The van der Waals surface area contributed by atoms with E-state index in [1.165, 1.54) is 10.9 Å². The number of aromatic nitrogens is 1. The molecule has 0 saturated heterocycles. The fraction of sp³-hybridized carbons (Fsp3) is 0.500. The maximum atomic E-state index is 5.51. The van der Waals surface area contributed by atoms with Crippen molar-refractivity contribution in [3.05, 3.63) is 28.4 Å². The number of aromatic amines is 1. The molecular formula is C16H23BrN2O. The number of benzene rings is 1. The van der Waals surface area contributed by atoms with Gasteiger partial charge in [-0.3, -0.25) is 0 Å². The number of halogens is 1. The van der Waals surface area contributed by atoms with Gasteiger partial charge in [0, 0.05) is 28.6 Å². The Morgan fingerprint density at radius 1 is 1.35 bits per heavy atom. The van der Waals surface area contributed by atoms with Gasteiger partial charge in [0.25, 0.3) is 0 Å². The summed E-state index contributed by atoms with van der Waals surface area (Å²) >= 11 is 3.59. The highest BCUT2D eigenvalue weighted by atomic mass is 79.9.